The van der Waals surface area contributed by atoms with Gasteiger partial charge in [-0.25, -0.2) is 10.8 Å². The Kier molecular flexibility index (Phi) is 3.67. The SMILES string of the molecule is Cc1cc2c(NCCc3nncn3C)nc(NN)nc2s1. The zero-order chi connectivity index (χ0) is 14.8. The Bertz CT molecular complexity index is 762. The molecular formula is C12H16N8S. The number of nitrogens with one attached hydrogen (secondary N) is 2. The lowest BCUT2D eigenvalue weighted by atomic mass is 10.3. The van der Waals surface area contributed by atoms with Gasteiger partial charge in [-0.2, -0.15) is 4.98 Å². The Morgan fingerprint density at radius 3 is 2.95 bits per heavy atom. The zero-order valence-electron chi connectivity index (χ0n) is 11.8. The molecule has 3 heterocycles. The third-order valence-corrected chi connectivity index (χ3v) is 4.04. The second-order valence-electron chi connectivity index (χ2n) is 4.65. The van der Waals surface area contributed by atoms with Gasteiger partial charge in [0.1, 0.15) is 22.8 Å². The molecule has 21 heavy (non-hydrogen) atoms. The predicted octanol–water partition coefficient (Wildman–Crippen LogP) is 1.07. The van der Waals surface area contributed by atoms with Crippen LogP contribution in [0.5, 0.6) is 0 Å². The number of nitrogens with two attached hydrogens (primary N) is 1. The van der Waals surface area contributed by atoms with Gasteiger partial charge in [0.25, 0.3) is 0 Å². The largest absolute Gasteiger partial charge is 0.369 e. The molecule has 110 valence electrons. The summed E-state index contributed by atoms with van der Waals surface area (Å²) in [5.41, 5.74) is 2.50. The first-order chi connectivity index (χ1) is 10.2. The summed E-state index contributed by atoms with van der Waals surface area (Å²) in [5, 5.41) is 12.2. The second-order valence-corrected chi connectivity index (χ2v) is 5.89. The summed E-state index contributed by atoms with van der Waals surface area (Å²) in [5.74, 6) is 7.53. The maximum Gasteiger partial charge on any atom is 0.240 e. The number of nitrogen functional groups attached to an aromatic ring is 1. The summed E-state index contributed by atoms with van der Waals surface area (Å²) in [6, 6.07) is 2.07. The van der Waals surface area contributed by atoms with Crippen LogP contribution in [-0.4, -0.2) is 31.3 Å². The number of rotatable bonds is 5. The van der Waals surface area contributed by atoms with Crippen LogP contribution in [0.15, 0.2) is 12.4 Å². The zero-order valence-corrected chi connectivity index (χ0v) is 12.6. The summed E-state index contributed by atoms with van der Waals surface area (Å²) in [6.45, 7) is 2.75. The molecule has 0 saturated carbocycles. The smallest absolute Gasteiger partial charge is 0.240 e. The van der Waals surface area contributed by atoms with Crippen LogP contribution in [0.3, 0.4) is 0 Å². The van der Waals surface area contributed by atoms with Crippen LogP contribution in [0, 0.1) is 6.92 Å². The lowest BCUT2D eigenvalue weighted by Crippen LogP contribution is -2.13. The van der Waals surface area contributed by atoms with E-state index in [-0.39, 0.29) is 0 Å². The van der Waals surface area contributed by atoms with E-state index in [2.05, 4.69) is 37.0 Å². The summed E-state index contributed by atoms with van der Waals surface area (Å²) in [6.07, 6.45) is 2.45. The van der Waals surface area contributed by atoms with Crippen LogP contribution in [0.1, 0.15) is 10.7 Å². The molecule has 9 heteroatoms. The molecule has 8 nitrogen and oxygen atoms in total. The van der Waals surface area contributed by atoms with Gasteiger partial charge in [-0.1, -0.05) is 0 Å². The van der Waals surface area contributed by atoms with Crippen molar-refractivity contribution in [2.75, 3.05) is 17.3 Å². The molecule has 0 aliphatic rings. The second kappa shape index (κ2) is 5.62. The molecule has 0 spiro atoms. The highest BCUT2D eigenvalue weighted by Gasteiger charge is 2.10. The van der Waals surface area contributed by atoms with E-state index in [0.29, 0.717) is 12.5 Å². The Balaban J connectivity index is 1.80. The Morgan fingerprint density at radius 2 is 2.24 bits per heavy atom. The quantitative estimate of drug-likeness (QED) is 0.478. The van der Waals surface area contributed by atoms with Crippen molar-refractivity contribution in [1.82, 2.24) is 24.7 Å². The van der Waals surface area contributed by atoms with E-state index < -0.39 is 0 Å². The van der Waals surface area contributed by atoms with Gasteiger partial charge in [0, 0.05) is 24.9 Å². The fraction of sp³-hybridized carbons (Fsp3) is 0.333. The highest BCUT2D eigenvalue weighted by atomic mass is 32.1. The lowest BCUT2D eigenvalue weighted by Gasteiger charge is -2.08. The van der Waals surface area contributed by atoms with Gasteiger partial charge in [-0.05, 0) is 13.0 Å². The highest BCUT2D eigenvalue weighted by molar-refractivity contribution is 7.18. The predicted molar refractivity (Wildman–Crippen MR) is 83.2 cm³/mol. The topological polar surface area (TPSA) is 107 Å². The summed E-state index contributed by atoms with van der Waals surface area (Å²) < 4.78 is 1.90. The van der Waals surface area contributed by atoms with E-state index in [0.717, 1.165) is 28.3 Å². The van der Waals surface area contributed by atoms with E-state index in [1.807, 2.05) is 18.5 Å². The standard InChI is InChI=1S/C12H16N8S/c1-7-5-8-10(16-12(18-13)17-11(8)21-7)14-4-3-9-19-15-6-20(9)2/h5-6H,3-4,13H2,1-2H3,(H2,14,16,17,18). The number of nitrogens with zero attached hydrogens (tertiary/aromatic N) is 5. The first-order valence-electron chi connectivity index (χ1n) is 6.49. The number of aromatic nitrogens is 5. The fourth-order valence-electron chi connectivity index (χ4n) is 2.07. The van der Waals surface area contributed by atoms with E-state index in [4.69, 9.17) is 5.84 Å². The highest BCUT2D eigenvalue weighted by Crippen LogP contribution is 2.29. The number of anilines is 2. The fourth-order valence-corrected chi connectivity index (χ4v) is 2.95. The first-order valence-corrected chi connectivity index (χ1v) is 7.30. The number of hydrogen-bond acceptors (Lipinski definition) is 8. The molecule has 0 atom stereocenters. The maximum absolute atomic E-state index is 5.42. The third-order valence-electron chi connectivity index (χ3n) is 3.09. The van der Waals surface area contributed by atoms with E-state index >= 15 is 0 Å². The van der Waals surface area contributed by atoms with E-state index in [1.165, 1.54) is 4.88 Å². The molecule has 0 fully saturated rings. The molecular weight excluding hydrogens is 288 g/mol. The van der Waals surface area contributed by atoms with Crippen molar-refractivity contribution in [2.24, 2.45) is 12.9 Å². The van der Waals surface area contributed by atoms with E-state index in [9.17, 15) is 0 Å². The van der Waals surface area contributed by atoms with Crippen LogP contribution < -0.4 is 16.6 Å². The lowest BCUT2D eigenvalue weighted by molar-refractivity contribution is 0.787. The summed E-state index contributed by atoms with van der Waals surface area (Å²) in [4.78, 5) is 10.8. The van der Waals surface area contributed by atoms with Crippen molar-refractivity contribution in [2.45, 2.75) is 13.3 Å². The number of aryl methyl sites for hydroxylation is 2. The van der Waals surface area contributed by atoms with Gasteiger partial charge in [0.2, 0.25) is 5.95 Å². The monoisotopic (exact) mass is 304 g/mol. The average Bonchev–Trinajstić information content (AvgIpc) is 3.04. The van der Waals surface area contributed by atoms with Crippen molar-refractivity contribution < 1.29 is 0 Å². The van der Waals surface area contributed by atoms with Crippen molar-refractivity contribution in [1.29, 1.82) is 0 Å². The van der Waals surface area contributed by atoms with E-state index in [1.54, 1.807) is 17.7 Å². The first kappa shape index (κ1) is 13.7. The molecule has 0 aliphatic heterocycles. The Labute approximate surface area is 125 Å². The van der Waals surface area contributed by atoms with Gasteiger partial charge < -0.3 is 9.88 Å². The molecule has 0 bridgehead atoms. The average molecular weight is 304 g/mol. The number of fused-ring (bicyclic) bond motifs is 1. The molecule has 3 rings (SSSR count). The molecule has 0 unspecified atom stereocenters. The minimum absolute atomic E-state index is 0.408. The normalized spacial score (nSPS) is 11.0. The van der Waals surface area contributed by atoms with Gasteiger partial charge in [0.15, 0.2) is 0 Å². The van der Waals surface area contributed by atoms with Crippen LogP contribution in [-0.2, 0) is 13.5 Å². The number of hydrazine groups is 1. The van der Waals surface area contributed by atoms with Crippen molar-refractivity contribution >= 4 is 33.3 Å². The maximum atomic E-state index is 5.42. The third kappa shape index (κ3) is 2.78. The van der Waals surface area contributed by atoms with Crippen LogP contribution >= 0.6 is 11.3 Å². The van der Waals surface area contributed by atoms with Gasteiger partial charge in [-0.3, -0.25) is 5.43 Å². The number of hydrogen-bond donors (Lipinski definition) is 3. The van der Waals surface area contributed by atoms with Crippen molar-refractivity contribution in [3.63, 3.8) is 0 Å². The van der Waals surface area contributed by atoms with Crippen LogP contribution in [0.2, 0.25) is 0 Å². The van der Waals surface area contributed by atoms with Gasteiger partial charge >= 0.3 is 0 Å². The molecule has 3 aromatic heterocycles. The number of thiophene rings is 1. The molecule has 0 saturated heterocycles. The summed E-state index contributed by atoms with van der Waals surface area (Å²) in [7, 11) is 1.93. The van der Waals surface area contributed by atoms with Crippen molar-refractivity contribution in [3.05, 3.63) is 23.1 Å². The molecule has 0 amide bonds. The molecule has 0 radical (unpaired) electrons. The summed E-state index contributed by atoms with van der Waals surface area (Å²) >= 11 is 1.62. The Morgan fingerprint density at radius 1 is 1.38 bits per heavy atom. The van der Waals surface area contributed by atoms with Crippen molar-refractivity contribution in [3.8, 4) is 0 Å². The van der Waals surface area contributed by atoms with Crippen LogP contribution in [0.4, 0.5) is 11.8 Å². The minimum Gasteiger partial charge on any atom is -0.369 e. The molecule has 0 aliphatic carbocycles. The Hall–Kier alpha value is -2.26. The van der Waals surface area contributed by atoms with Gasteiger partial charge in [0.05, 0.1) is 5.39 Å². The molecule has 3 aromatic rings. The molecule has 4 N–H and O–H groups in total. The van der Waals surface area contributed by atoms with Gasteiger partial charge in [-0.15, -0.1) is 21.5 Å². The van der Waals surface area contributed by atoms with Crippen LogP contribution in [0.25, 0.3) is 10.2 Å². The molecule has 0 aromatic carbocycles. The minimum atomic E-state index is 0.408.